The Kier molecular flexibility index (Phi) is 2.91. The fourth-order valence-corrected chi connectivity index (χ4v) is 1.27. The summed E-state index contributed by atoms with van der Waals surface area (Å²) in [6.45, 7) is 3.36. The van der Waals surface area contributed by atoms with Crippen LogP contribution in [0.15, 0.2) is 30.3 Å². The zero-order chi connectivity index (χ0) is 10.8. The fourth-order valence-electron chi connectivity index (χ4n) is 1.27. The van der Waals surface area contributed by atoms with Crippen LogP contribution in [0.25, 0.3) is 0 Å². The van der Waals surface area contributed by atoms with Gasteiger partial charge >= 0.3 is 5.97 Å². The number of rotatable bonds is 3. The molecule has 0 aliphatic carbocycles. The van der Waals surface area contributed by atoms with Gasteiger partial charge in [-0.25, -0.2) is 0 Å². The molecule has 1 aromatic carbocycles. The van der Waals surface area contributed by atoms with Crippen LogP contribution in [-0.2, 0) is 4.79 Å². The van der Waals surface area contributed by atoms with E-state index in [0.717, 1.165) is 5.56 Å². The van der Waals surface area contributed by atoms with Crippen molar-refractivity contribution in [2.45, 2.75) is 25.3 Å². The zero-order valence-corrected chi connectivity index (χ0v) is 8.40. The van der Waals surface area contributed by atoms with Crippen molar-refractivity contribution in [1.82, 2.24) is 0 Å². The Morgan fingerprint density at radius 1 is 1.43 bits per heavy atom. The summed E-state index contributed by atoms with van der Waals surface area (Å²) in [6, 6.07) is 9.43. The van der Waals surface area contributed by atoms with E-state index in [2.05, 4.69) is 0 Å². The number of carboxylic acids is 1. The smallest absolute Gasteiger partial charge is 0.324 e. The molecule has 3 nitrogen and oxygen atoms in total. The molecule has 0 radical (unpaired) electrons. The minimum absolute atomic E-state index is 0.207. The molecule has 0 heterocycles. The predicted octanol–water partition coefficient (Wildman–Crippen LogP) is 1.59. The molecule has 2 atom stereocenters. The summed E-state index contributed by atoms with van der Waals surface area (Å²) in [4.78, 5) is 10.9. The first-order valence-corrected chi connectivity index (χ1v) is 4.53. The SMILES string of the molecule is C[C@@H](c1ccccc1)[C@](C)(N)C(=O)O. The number of carboxylic acid groups (broad SMARTS) is 1. The van der Waals surface area contributed by atoms with Crippen molar-refractivity contribution in [2.24, 2.45) is 5.73 Å². The molecule has 0 unspecified atom stereocenters. The highest BCUT2D eigenvalue weighted by Crippen LogP contribution is 2.25. The Morgan fingerprint density at radius 2 is 1.93 bits per heavy atom. The van der Waals surface area contributed by atoms with E-state index in [-0.39, 0.29) is 5.92 Å². The topological polar surface area (TPSA) is 63.3 Å². The molecule has 0 fully saturated rings. The van der Waals surface area contributed by atoms with E-state index in [0.29, 0.717) is 0 Å². The lowest BCUT2D eigenvalue weighted by atomic mass is 9.83. The third kappa shape index (κ3) is 1.93. The summed E-state index contributed by atoms with van der Waals surface area (Å²) in [5.41, 5.74) is 5.46. The molecule has 1 aromatic rings. The van der Waals surface area contributed by atoms with Crippen molar-refractivity contribution in [3.63, 3.8) is 0 Å². The van der Waals surface area contributed by atoms with E-state index in [1.807, 2.05) is 37.3 Å². The maximum Gasteiger partial charge on any atom is 0.324 e. The molecular weight excluding hydrogens is 178 g/mol. The molecule has 3 N–H and O–H groups in total. The molecule has 0 spiro atoms. The number of benzene rings is 1. The monoisotopic (exact) mass is 193 g/mol. The maximum absolute atomic E-state index is 10.9. The Bertz CT molecular complexity index is 319. The molecule has 14 heavy (non-hydrogen) atoms. The summed E-state index contributed by atoms with van der Waals surface area (Å²) in [6.07, 6.45) is 0. The van der Waals surface area contributed by atoms with Crippen LogP contribution in [0.2, 0.25) is 0 Å². The van der Waals surface area contributed by atoms with Crippen LogP contribution in [-0.4, -0.2) is 16.6 Å². The lowest BCUT2D eigenvalue weighted by Gasteiger charge is -2.27. The second-order valence-electron chi connectivity index (χ2n) is 3.72. The number of hydrogen-bond donors (Lipinski definition) is 2. The molecule has 1 rings (SSSR count). The lowest BCUT2D eigenvalue weighted by molar-refractivity contribution is -0.143. The van der Waals surface area contributed by atoms with Crippen LogP contribution in [0.5, 0.6) is 0 Å². The predicted molar refractivity (Wildman–Crippen MR) is 55.1 cm³/mol. The van der Waals surface area contributed by atoms with Gasteiger partial charge in [-0.2, -0.15) is 0 Å². The van der Waals surface area contributed by atoms with Crippen LogP contribution in [0, 0.1) is 0 Å². The standard InChI is InChI=1S/C11H15NO2/c1-8(11(2,12)10(13)14)9-6-4-3-5-7-9/h3-8H,12H2,1-2H3,(H,13,14)/t8-,11-/m0/s1. The largest absolute Gasteiger partial charge is 0.480 e. The van der Waals surface area contributed by atoms with Crippen LogP contribution >= 0.6 is 0 Å². The minimum atomic E-state index is -1.22. The second kappa shape index (κ2) is 3.80. The van der Waals surface area contributed by atoms with Crippen molar-refractivity contribution in [3.8, 4) is 0 Å². The molecule has 0 aliphatic heterocycles. The van der Waals surface area contributed by atoms with E-state index in [1.54, 1.807) is 0 Å². The van der Waals surface area contributed by atoms with Gasteiger partial charge in [-0.3, -0.25) is 4.79 Å². The second-order valence-corrected chi connectivity index (χ2v) is 3.72. The van der Waals surface area contributed by atoms with Gasteiger partial charge in [0.1, 0.15) is 5.54 Å². The fraction of sp³-hybridized carbons (Fsp3) is 0.364. The van der Waals surface area contributed by atoms with Crippen molar-refractivity contribution in [1.29, 1.82) is 0 Å². The lowest BCUT2D eigenvalue weighted by Crippen LogP contribution is -2.49. The van der Waals surface area contributed by atoms with Crippen molar-refractivity contribution < 1.29 is 9.90 Å². The molecular formula is C11H15NO2. The van der Waals surface area contributed by atoms with Crippen LogP contribution in [0.3, 0.4) is 0 Å². The average molecular weight is 193 g/mol. The molecule has 0 aromatic heterocycles. The molecule has 0 aliphatic rings. The zero-order valence-electron chi connectivity index (χ0n) is 8.40. The summed E-state index contributed by atoms with van der Waals surface area (Å²) < 4.78 is 0. The molecule has 0 bridgehead atoms. The number of hydrogen-bond acceptors (Lipinski definition) is 2. The molecule has 0 amide bonds. The van der Waals surface area contributed by atoms with E-state index in [4.69, 9.17) is 10.8 Å². The van der Waals surface area contributed by atoms with Crippen molar-refractivity contribution >= 4 is 5.97 Å². The Labute approximate surface area is 83.6 Å². The van der Waals surface area contributed by atoms with Gasteiger partial charge < -0.3 is 10.8 Å². The molecule has 76 valence electrons. The van der Waals surface area contributed by atoms with Crippen molar-refractivity contribution in [3.05, 3.63) is 35.9 Å². The first-order valence-electron chi connectivity index (χ1n) is 4.53. The highest BCUT2D eigenvalue weighted by atomic mass is 16.4. The Balaban J connectivity index is 2.96. The van der Waals surface area contributed by atoms with Crippen LogP contribution in [0.4, 0.5) is 0 Å². The van der Waals surface area contributed by atoms with Crippen LogP contribution in [0.1, 0.15) is 25.3 Å². The highest BCUT2D eigenvalue weighted by molar-refractivity contribution is 5.79. The summed E-state index contributed by atoms with van der Waals surface area (Å²) >= 11 is 0. The summed E-state index contributed by atoms with van der Waals surface area (Å²) in [7, 11) is 0. The third-order valence-corrected chi connectivity index (χ3v) is 2.66. The third-order valence-electron chi connectivity index (χ3n) is 2.66. The van der Waals surface area contributed by atoms with Gasteiger partial charge in [0.05, 0.1) is 0 Å². The maximum atomic E-state index is 10.9. The first-order chi connectivity index (χ1) is 6.46. The van der Waals surface area contributed by atoms with E-state index >= 15 is 0 Å². The molecule has 0 saturated carbocycles. The Hall–Kier alpha value is -1.35. The number of nitrogens with two attached hydrogens (primary N) is 1. The first kappa shape index (κ1) is 10.7. The summed E-state index contributed by atoms with van der Waals surface area (Å²) in [5.74, 6) is -1.19. The van der Waals surface area contributed by atoms with Gasteiger partial charge in [-0.15, -0.1) is 0 Å². The van der Waals surface area contributed by atoms with Gasteiger partial charge in [-0.1, -0.05) is 37.3 Å². The van der Waals surface area contributed by atoms with Crippen molar-refractivity contribution in [2.75, 3.05) is 0 Å². The minimum Gasteiger partial charge on any atom is -0.480 e. The number of carbonyl (C=O) groups is 1. The summed E-state index contributed by atoms with van der Waals surface area (Å²) in [5, 5.41) is 8.95. The average Bonchev–Trinajstić information content (AvgIpc) is 2.17. The Morgan fingerprint density at radius 3 is 2.36 bits per heavy atom. The van der Waals surface area contributed by atoms with E-state index in [9.17, 15) is 4.79 Å². The normalized spacial score (nSPS) is 17.1. The van der Waals surface area contributed by atoms with E-state index < -0.39 is 11.5 Å². The van der Waals surface area contributed by atoms with E-state index in [1.165, 1.54) is 6.92 Å². The highest BCUT2D eigenvalue weighted by Gasteiger charge is 2.35. The molecule has 0 saturated heterocycles. The van der Waals surface area contributed by atoms with Gasteiger partial charge in [-0.05, 0) is 12.5 Å². The van der Waals surface area contributed by atoms with Gasteiger partial charge in [0.25, 0.3) is 0 Å². The van der Waals surface area contributed by atoms with Gasteiger partial charge in [0.15, 0.2) is 0 Å². The number of aliphatic carboxylic acids is 1. The van der Waals surface area contributed by atoms with Gasteiger partial charge in [0.2, 0.25) is 0 Å². The van der Waals surface area contributed by atoms with Crippen LogP contribution < -0.4 is 5.73 Å². The van der Waals surface area contributed by atoms with Gasteiger partial charge in [0, 0.05) is 5.92 Å². The molecule has 3 heteroatoms. The quantitative estimate of drug-likeness (QED) is 0.766.